The highest BCUT2D eigenvalue weighted by atomic mass is 16.5. The van der Waals surface area contributed by atoms with E-state index in [0.717, 1.165) is 37.8 Å². The third-order valence-electron chi connectivity index (χ3n) is 4.78. The fourth-order valence-electron chi connectivity index (χ4n) is 3.26. The number of ether oxygens (including phenoxy) is 1. The number of anilines is 3. The number of hydrogen-bond acceptors (Lipinski definition) is 7. The summed E-state index contributed by atoms with van der Waals surface area (Å²) in [5.74, 6) is 1.18. The molecule has 0 aliphatic carbocycles. The molecule has 8 heteroatoms. The van der Waals surface area contributed by atoms with Gasteiger partial charge in [-0.15, -0.1) is 0 Å². The van der Waals surface area contributed by atoms with Gasteiger partial charge in [-0.05, 0) is 30.3 Å². The SMILES string of the molecule is COc1cccc(NC(=O)c2cc(N3CCN(c4ncccn4)CC3)ccn2)c1. The third kappa shape index (κ3) is 4.43. The van der Waals surface area contributed by atoms with Gasteiger partial charge in [-0.2, -0.15) is 0 Å². The Bertz CT molecular complexity index is 974. The molecule has 0 atom stereocenters. The van der Waals surface area contributed by atoms with E-state index in [1.165, 1.54) is 0 Å². The molecule has 0 saturated carbocycles. The van der Waals surface area contributed by atoms with Crippen LogP contribution >= 0.6 is 0 Å². The second-order valence-corrected chi connectivity index (χ2v) is 6.61. The highest BCUT2D eigenvalue weighted by Gasteiger charge is 2.20. The van der Waals surface area contributed by atoms with Crippen LogP contribution in [0.4, 0.5) is 17.3 Å². The molecule has 1 aromatic carbocycles. The minimum Gasteiger partial charge on any atom is -0.497 e. The second kappa shape index (κ2) is 8.55. The van der Waals surface area contributed by atoms with E-state index in [-0.39, 0.29) is 5.91 Å². The van der Waals surface area contributed by atoms with Gasteiger partial charge in [0, 0.05) is 62.2 Å². The number of carbonyl (C=O) groups is 1. The van der Waals surface area contributed by atoms with Crippen molar-refractivity contribution in [1.29, 1.82) is 0 Å². The van der Waals surface area contributed by atoms with Gasteiger partial charge in [-0.1, -0.05) is 6.07 Å². The maximum absolute atomic E-state index is 12.6. The molecule has 0 spiro atoms. The topological polar surface area (TPSA) is 83.5 Å². The van der Waals surface area contributed by atoms with Crippen LogP contribution in [-0.4, -0.2) is 54.1 Å². The molecule has 29 heavy (non-hydrogen) atoms. The average Bonchev–Trinajstić information content (AvgIpc) is 2.80. The number of rotatable bonds is 5. The highest BCUT2D eigenvalue weighted by Crippen LogP contribution is 2.20. The van der Waals surface area contributed by atoms with Crippen molar-refractivity contribution < 1.29 is 9.53 Å². The quantitative estimate of drug-likeness (QED) is 0.716. The highest BCUT2D eigenvalue weighted by molar-refractivity contribution is 6.03. The van der Waals surface area contributed by atoms with Crippen LogP contribution < -0.4 is 19.9 Å². The van der Waals surface area contributed by atoms with Crippen LogP contribution in [0.2, 0.25) is 0 Å². The van der Waals surface area contributed by atoms with Gasteiger partial charge in [-0.25, -0.2) is 9.97 Å². The number of amides is 1. The number of pyridine rings is 1. The lowest BCUT2D eigenvalue weighted by Gasteiger charge is -2.36. The lowest BCUT2D eigenvalue weighted by molar-refractivity contribution is 0.102. The fraction of sp³-hybridized carbons (Fsp3) is 0.238. The summed E-state index contributed by atoms with van der Waals surface area (Å²) in [7, 11) is 1.59. The minimum atomic E-state index is -0.253. The van der Waals surface area contributed by atoms with Crippen LogP contribution in [0.15, 0.2) is 61.1 Å². The van der Waals surface area contributed by atoms with Gasteiger partial charge in [0.25, 0.3) is 5.91 Å². The second-order valence-electron chi connectivity index (χ2n) is 6.61. The van der Waals surface area contributed by atoms with Crippen LogP contribution in [0.1, 0.15) is 10.5 Å². The number of carbonyl (C=O) groups excluding carboxylic acids is 1. The van der Waals surface area contributed by atoms with Gasteiger partial charge in [0.05, 0.1) is 7.11 Å². The van der Waals surface area contributed by atoms with Gasteiger partial charge in [0.15, 0.2) is 0 Å². The van der Waals surface area contributed by atoms with Gasteiger partial charge >= 0.3 is 0 Å². The first kappa shape index (κ1) is 18.7. The van der Waals surface area contributed by atoms with Crippen molar-refractivity contribution in [2.45, 2.75) is 0 Å². The van der Waals surface area contributed by atoms with E-state index in [4.69, 9.17) is 4.74 Å². The van der Waals surface area contributed by atoms with Gasteiger partial charge in [0.1, 0.15) is 11.4 Å². The Kier molecular flexibility index (Phi) is 5.51. The van der Waals surface area contributed by atoms with Crippen molar-refractivity contribution in [3.05, 3.63) is 66.7 Å². The van der Waals surface area contributed by atoms with Crippen LogP contribution in [0.3, 0.4) is 0 Å². The molecule has 1 amide bonds. The Morgan fingerprint density at radius 1 is 0.931 bits per heavy atom. The lowest BCUT2D eigenvalue weighted by Crippen LogP contribution is -2.47. The van der Waals surface area contributed by atoms with Crippen molar-refractivity contribution >= 4 is 23.2 Å². The third-order valence-corrected chi connectivity index (χ3v) is 4.78. The molecule has 4 rings (SSSR count). The zero-order chi connectivity index (χ0) is 20.1. The van der Waals surface area contributed by atoms with E-state index in [1.54, 1.807) is 31.8 Å². The van der Waals surface area contributed by atoms with E-state index in [0.29, 0.717) is 17.1 Å². The smallest absolute Gasteiger partial charge is 0.274 e. The molecule has 1 fully saturated rings. The number of benzene rings is 1. The molecule has 0 bridgehead atoms. The largest absolute Gasteiger partial charge is 0.497 e. The van der Waals surface area contributed by atoms with Gasteiger partial charge < -0.3 is 19.9 Å². The summed E-state index contributed by atoms with van der Waals surface area (Å²) < 4.78 is 5.19. The minimum absolute atomic E-state index is 0.253. The molecule has 1 aliphatic heterocycles. The predicted octanol–water partition coefficient (Wildman–Crippen LogP) is 2.46. The monoisotopic (exact) mass is 390 g/mol. The summed E-state index contributed by atoms with van der Waals surface area (Å²) >= 11 is 0. The van der Waals surface area contributed by atoms with E-state index < -0.39 is 0 Å². The molecular formula is C21H22N6O2. The maximum Gasteiger partial charge on any atom is 0.274 e. The van der Waals surface area contributed by atoms with Gasteiger partial charge in [-0.3, -0.25) is 9.78 Å². The predicted molar refractivity (Wildman–Crippen MR) is 112 cm³/mol. The molecule has 1 aliphatic rings. The number of nitrogens with zero attached hydrogens (tertiary/aromatic N) is 5. The van der Waals surface area contributed by atoms with E-state index >= 15 is 0 Å². The summed E-state index contributed by atoms with van der Waals surface area (Å²) in [6.07, 6.45) is 5.18. The Labute approximate surface area is 169 Å². The number of aromatic nitrogens is 3. The van der Waals surface area contributed by atoms with Crippen molar-refractivity contribution in [1.82, 2.24) is 15.0 Å². The van der Waals surface area contributed by atoms with E-state index in [2.05, 4.69) is 30.1 Å². The molecule has 148 valence electrons. The number of hydrogen-bond donors (Lipinski definition) is 1. The Balaban J connectivity index is 1.41. The van der Waals surface area contributed by atoms with Crippen LogP contribution in [-0.2, 0) is 0 Å². The van der Waals surface area contributed by atoms with Crippen molar-refractivity contribution in [2.24, 2.45) is 0 Å². The first-order chi connectivity index (χ1) is 14.2. The maximum atomic E-state index is 12.6. The molecule has 8 nitrogen and oxygen atoms in total. The Hall–Kier alpha value is -3.68. The Morgan fingerprint density at radius 3 is 2.45 bits per heavy atom. The van der Waals surface area contributed by atoms with Crippen molar-refractivity contribution in [3.63, 3.8) is 0 Å². The standard InChI is InChI=1S/C21H22N6O2/c1-29-18-5-2-4-16(14-18)25-20(28)19-15-17(6-9-22-19)26-10-12-27(13-11-26)21-23-7-3-8-24-21/h2-9,14-15H,10-13H2,1H3,(H,25,28). The molecule has 3 aromatic rings. The molecule has 3 heterocycles. The van der Waals surface area contributed by atoms with E-state index in [9.17, 15) is 4.79 Å². The summed E-state index contributed by atoms with van der Waals surface area (Å²) in [6, 6.07) is 12.8. The van der Waals surface area contributed by atoms with Crippen LogP contribution in [0, 0.1) is 0 Å². The molecule has 0 radical (unpaired) electrons. The van der Waals surface area contributed by atoms with Crippen LogP contribution in [0.5, 0.6) is 5.75 Å². The average molecular weight is 390 g/mol. The molecular weight excluding hydrogens is 368 g/mol. The lowest BCUT2D eigenvalue weighted by atomic mass is 10.2. The Morgan fingerprint density at radius 2 is 1.69 bits per heavy atom. The normalized spacial score (nSPS) is 13.8. The van der Waals surface area contributed by atoms with Crippen molar-refractivity contribution in [3.8, 4) is 5.75 Å². The van der Waals surface area contributed by atoms with Crippen molar-refractivity contribution in [2.75, 3.05) is 48.4 Å². The van der Waals surface area contributed by atoms with Crippen LogP contribution in [0.25, 0.3) is 0 Å². The zero-order valence-corrected chi connectivity index (χ0v) is 16.2. The summed E-state index contributed by atoms with van der Waals surface area (Å²) in [5.41, 5.74) is 2.02. The molecule has 2 aromatic heterocycles. The first-order valence-electron chi connectivity index (χ1n) is 9.41. The number of piperazine rings is 1. The summed E-state index contributed by atoms with van der Waals surface area (Å²) in [4.78, 5) is 29.9. The summed E-state index contributed by atoms with van der Waals surface area (Å²) in [6.45, 7) is 3.27. The van der Waals surface area contributed by atoms with E-state index in [1.807, 2.05) is 36.4 Å². The first-order valence-corrected chi connectivity index (χ1v) is 9.41. The fourth-order valence-corrected chi connectivity index (χ4v) is 3.26. The zero-order valence-electron chi connectivity index (χ0n) is 16.2. The molecule has 1 saturated heterocycles. The number of methoxy groups -OCH3 is 1. The molecule has 0 unspecified atom stereocenters. The van der Waals surface area contributed by atoms with Gasteiger partial charge in [0.2, 0.25) is 5.95 Å². The molecule has 1 N–H and O–H groups in total. The number of nitrogens with one attached hydrogen (secondary N) is 1. The summed E-state index contributed by atoms with van der Waals surface area (Å²) in [5, 5.41) is 2.87.